The number of fused-ring (bicyclic) bond motifs is 2. The molecule has 2 unspecified atom stereocenters. The van der Waals surface area contributed by atoms with Crippen LogP contribution < -0.4 is 32.3 Å². The molecule has 0 saturated carbocycles. The van der Waals surface area contributed by atoms with E-state index in [0.717, 1.165) is 24.7 Å². The number of ether oxygens (including phenoxy) is 1. The van der Waals surface area contributed by atoms with Crippen LogP contribution in [0.4, 0.5) is 18.9 Å². The lowest BCUT2D eigenvalue weighted by Gasteiger charge is -2.28. The molecule has 2 bridgehead atoms. The number of aromatic nitrogens is 1. The van der Waals surface area contributed by atoms with Gasteiger partial charge >= 0.3 is 6.18 Å². The van der Waals surface area contributed by atoms with Gasteiger partial charge in [-0.2, -0.15) is 13.2 Å². The van der Waals surface area contributed by atoms with Crippen LogP contribution in [0.25, 0.3) is 11.5 Å². The van der Waals surface area contributed by atoms with Crippen LogP contribution in [-0.2, 0) is 17.5 Å². The van der Waals surface area contributed by atoms with E-state index in [9.17, 15) is 13.2 Å². The maximum Gasteiger partial charge on any atom is 0.416 e. The number of morpholine rings is 1. The lowest BCUT2D eigenvalue weighted by atomic mass is 10.0. The van der Waals surface area contributed by atoms with Crippen molar-refractivity contribution in [1.29, 1.82) is 0 Å². The second kappa shape index (κ2) is 7.96. The molecule has 31 heavy (non-hydrogen) atoms. The number of rotatable bonds is 4. The number of hydrogen-bond acceptors (Lipinski definition) is 6. The summed E-state index contributed by atoms with van der Waals surface area (Å²) >= 11 is 0. The summed E-state index contributed by atoms with van der Waals surface area (Å²) in [5.41, 5.74) is 13.8. The average molecular weight is 433 g/mol. The number of pyridine rings is 1. The smallest absolute Gasteiger partial charge is 0.401 e. The number of halogens is 3. The Morgan fingerprint density at radius 1 is 1.32 bits per heavy atom. The van der Waals surface area contributed by atoms with Crippen molar-refractivity contribution in [2.75, 3.05) is 18.1 Å². The molecule has 0 radical (unpaired) electrons. The molecule has 4 rings (SSSR count). The molecule has 5 N–H and O–H groups in total. The molecule has 2 aliphatic rings. The molecular weight excluding hydrogens is 407 g/mol. The number of nitrogens with one attached hydrogen (secondary N) is 1. The minimum Gasteiger partial charge on any atom is -0.401 e. The van der Waals surface area contributed by atoms with Crippen LogP contribution in [0.3, 0.4) is 0 Å². The van der Waals surface area contributed by atoms with E-state index in [2.05, 4.69) is 15.2 Å². The molecular formula is C22H26F3N5O. The van der Waals surface area contributed by atoms with Crippen molar-refractivity contribution in [3.63, 3.8) is 0 Å². The molecule has 9 heteroatoms. The van der Waals surface area contributed by atoms with Crippen molar-refractivity contribution >= 4 is 17.2 Å². The summed E-state index contributed by atoms with van der Waals surface area (Å²) in [5, 5.41) is 4.24. The van der Waals surface area contributed by atoms with Crippen LogP contribution in [0, 0.1) is 6.92 Å². The van der Waals surface area contributed by atoms with Crippen molar-refractivity contribution in [3.8, 4) is 0 Å². The van der Waals surface area contributed by atoms with Crippen molar-refractivity contribution < 1.29 is 17.9 Å². The van der Waals surface area contributed by atoms with Gasteiger partial charge in [0.25, 0.3) is 0 Å². The summed E-state index contributed by atoms with van der Waals surface area (Å²) in [5.74, 6) is 0.312. The Hall–Kier alpha value is -2.94. The Labute approximate surface area is 178 Å². The van der Waals surface area contributed by atoms with E-state index in [4.69, 9.17) is 16.2 Å². The summed E-state index contributed by atoms with van der Waals surface area (Å²) in [6.07, 6.45) is -1.39. The van der Waals surface area contributed by atoms with Gasteiger partial charge in [-0.15, -0.1) is 0 Å². The quantitative estimate of drug-likeness (QED) is 0.674. The molecule has 3 heterocycles. The van der Waals surface area contributed by atoms with Gasteiger partial charge in [0.05, 0.1) is 41.5 Å². The standard InChI is InChI=1S/C22H26F3N5O/c1-12-14(4-3-5-19(12)22(23,24)25)8-29-21(27)18-7-15(9-28-20(18)13(2)26)30-10-17-6-16(30)11-31-17/h3-5,7,9,16-17,29H,6,8,10-11,26-27H2,1-2H3/b20-13+,21-18+. The zero-order valence-electron chi connectivity index (χ0n) is 17.5. The van der Waals surface area contributed by atoms with Gasteiger partial charge in [-0.25, -0.2) is 0 Å². The Morgan fingerprint density at radius 3 is 2.71 bits per heavy atom. The topological polar surface area (TPSA) is 89.4 Å². The third-order valence-electron chi connectivity index (χ3n) is 5.99. The first-order chi connectivity index (χ1) is 14.6. The predicted octanol–water partition coefficient (Wildman–Crippen LogP) is 1.29. The van der Waals surface area contributed by atoms with Crippen LogP contribution in [0.15, 0.2) is 30.5 Å². The van der Waals surface area contributed by atoms with E-state index >= 15 is 0 Å². The van der Waals surface area contributed by atoms with Gasteiger partial charge < -0.3 is 26.4 Å². The summed E-state index contributed by atoms with van der Waals surface area (Å²) in [6, 6.07) is 6.38. The highest BCUT2D eigenvalue weighted by atomic mass is 19.4. The third kappa shape index (κ3) is 4.14. The predicted molar refractivity (Wildman–Crippen MR) is 113 cm³/mol. The van der Waals surface area contributed by atoms with Crippen LogP contribution in [0.5, 0.6) is 0 Å². The van der Waals surface area contributed by atoms with Crippen LogP contribution in [0.1, 0.15) is 30.0 Å². The highest BCUT2D eigenvalue weighted by Gasteiger charge is 2.39. The molecule has 2 fully saturated rings. The molecule has 6 nitrogen and oxygen atoms in total. The highest BCUT2D eigenvalue weighted by molar-refractivity contribution is 5.53. The van der Waals surface area contributed by atoms with E-state index < -0.39 is 11.7 Å². The summed E-state index contributed by atoms with van der Waals surface area (Å²) in [7, 11) is 0. The number of nitrogens with zero attached hydrogens (tertiary/aromatic N) is 2. The number of anilines is 1. The molecule has 2 aliphatic heterocycles. The molecule has 0 aliphatic carbocycles. The number of alkyl halides is 3. The maximum absolute atomic E-state index is 13.2. The maximum atomic E-state index is 13.2. The fourth-order valence-electron chi connectivity index (χ4n) is 4.31. The van der Waals surface area contributed by atoms with Crippen LogP contribution in [0.2, 0.25) is 0 Å². The minimum atomic E-state index is -4.40. The Kier molecular flexibility index (Phi) is 5.47. The van der Waals surface area contributed by atoms with Gasteiger partial charge in [0.15, 0.2) is 0 Å². The van der Waals surface area contributed by atoms with Crippen molar-refractivity contribution in [3.05, 3.63) is 57.7 Å². The molecule has 0 amide bonds. The monoisotopic (exact) mass is 433 g/mol. The van der Waals surface area contributed by atoms with Crippen LogP contribution in [-0.4, -0.2) is 30.3 Å². The molecule has 2 aromatic rings. The third-order valence-corrected chi connectivity index (χ3v) is 5.99. The van der Waals surface area contributed by atoms with E-state index in [0.29, 0.717) is 40.3 Å². The van der Waals surface area contributed by atoms with Gasteiger partial charge in [0.2, 0.25) is 0 Å². The van der Waals surface area contributed by atoms with E-state index in [1.54, 1.807) is 19.2 Å². The second-order valence-electron chi connectivity index (χ2n) is 8.12. The summed E-state index contributed by atoms with van der Waals surface area (Å²) in [6.45, 7) is 4.84. The van der Waals surface area contributed by atoms with E-state index in [1.807, 2.05) is 6.07 Å². The second-order valence-corrected chi connectivity index (χ2v) is 8.12. The molecule has 1 aromatic carbocycles. The zero-order chi connectivity index (χ0) is 22.3. The number of nitrogens with two attached hydrogens (primary N) is 2. The molecule has 1 aromatic heterocycles. The molecule has 0 spiro atoms. The lowest BCUT2D eigenvalue weighted by Crippen LogP contribution is -2.42. The molecule has 2 atom stereocenters. The minimum absolute atomic E-state index is 0.150. The SMILES string of the molecule is C/C(N)=c1\ncc(N2CC3CC2CO3)c\c1=C(\N)NCc1cccc(C(F)(F)F)c1C. The number of benzene rings is 1. The fourth-order valence-corrected chi connectivity index (χ4v) is 4.31. The van der Waals surface area contributed by atoms with E-state index in [1.165, 1.54) is 13.0 Å². The summed E-state index contributed by atoms with van der Waals surface area (Å²) in [4.78, 5) is 6.77. The zero-order valence-corrected chi connectivity index (χ0v) is 17.5. The molecule has 2 saturated heterocycles. The first-order valence-corrected chi connectivity index (χ1v) is 10.1. The van der Waals surface area contributed by atoms with Gasteiger partial charge in [0.1, 0.15) is 5.82 Å². The summed E-state index contributed by atoms with van der Waals surface area (Å²) < 4.78 is 45.3. The van der Waals surface area contributed by atoms with E-state index in [-0.39, 0.29) is 18.2 Å². The van der Waals surface area contributed by atoms with Gasteiger partial charge in [0, 0.05) is 24.0 Å². The Morgan fingerprint density at radius 2 is 2.10 bits per heavy atom. The fraction of sp³-hybridized carbons (Fsp3) is 0.409. The largest absolute Gasteiger partial charge is 0.416 e. The first-order valence-electron chi connectivity index (χ1n) is 10.1. The van der Waals surface area contributed by atoms with Crippen molar-refractivity contribution in [1.82, 2.24) is 10.3 Å². The first kappa shape index (κ1) is 21.3. The van der Waals surface area contributed by atoms with Gasteiger partial charge in [-0.3, -0.25) is 4.98 Å². The molecule has 166 valence electrons. The highest BCUT2D eigenvalue weighted by Crippen LogP contribution is 2.33. The van der Waals surface area contributed by atoms with Gasteiger partial charge in [-0.1, -0.05) is 12.1 Å². The van der Waals surface area contributed by atoms with Gasteiger partial charge in [-0.05, 0) is 43.5 Å². The lowest BCUT2D eigenvalue weighted by molar-refractivity contribution is -0.138. The Bertz CT molecular complexity index is 1110. The van der Waals surface area contributed by atoms with Crippen molar-refractivity contribution in [2.24, 2.45) is 11.5 Å². The van der Waals surface area contributed by atoms with Crippen molar-refractivity contribution in [2.45, 2.75) is 45.1 Å². The Balaban J connectivity index is 1.67. The van der Waals surface area contributed by atoms with Crippen LogP contribution >= 0.6 is 0 Å². The normalized spacial score (nSPS) is 22.5. The average Bonchev–Trinajstić information content (AvgIpc) is 3.35. The number of hydrogen-bond donors (Lipinski definition) is 3.